The Morgan fingerprint density at radius 3 is 2.45 bits per heavy atom. The van der Waals surface area contributed by atoms with Crippen molar-refractivity contribution < 1.29 is 0 Å². The Labute approximate surface area is 127 Å². The molecule has 0 spiro atoms. The molecule has 0 bridgehead atoms. The van der Waals surface area contributed by atoms with Crippen molar-refractivity contribution in [2.24, 2.45) is 4.99 Å². The number of nitrogens with zero attached hydrogens (tertiary/aromatic N) is 3. The number of nitrogens with one attached hydrogen (secondary N) is 1. The lowest BCUT2D eigenvalue weighted by Gasteiger charge is -2.23. The van der Waals surface area contributed by atoms with Gasteiger partial charge < -0.3 is 15.1 Å². The summed E-state index contributed by atoms with van der Waals surface area (Å²) in [6, 6.07) is 7.90. The third kappa shape index (κ3) is 5.80. The molecular formula is C15H25ClN4. The van der Waals surface area contributed by atoms with Crippen molar-refractivity contribution in [2.45, 2.75) is 13.5 Å². The van der Waals surface area contributed by atoms with Gasteiger partial charge in [-0.3, -0.25) is 4.99 Å². The van der Waals surface area contributed by atoms with Gasteiger partial charge in [0.15, 0.2) is 5.96 Å². The maximum atomic E-state index is 5.90. The van der Waals surface area contributed by atoms with Crippen LogP contribution < -0.4 is 5.32 Å². The lowest BCUT2D eigenvalue weighted by atomic mass is 10.2. The molecule has 0 fully saturated rings. The van der Waals surface area contributed by atoms with Crippen molar-refractivity contribution in [3.8, 4) is 0 Å². The molecule has 0 aliphatic heterocycles. The second-order valence-corrected chi connectivity index (χ2v) is 5.29. The van der Waals surface area contributed by atoms with Gasteiger partial charge in [0.2, 0.25) is 0 Å². The fraction of sp³-hybridized carbons (Fsp3) is 0.533. The molecular weight excluding hydrogens is 272 g/mol. The number of likely N-dealkylation sites (N-methyl/N-ethyl adjacent to an activating group) is 1. The molecule has 4 nitrogen and oxygen atoms in total. The minimum atomic E-state index is 0.765. The molecule has 0 saturated heterocycles. The maximum Gasteiger partial charge on any atom is 0.193 e. The van der Waals surface area contributed by atoms with Crippen molar-refractivity contribution in [2.75, 3.05) is 40.8 Å². The minimum Gasteiger partial charge on any atom is -0.355 e. The Kier molecular flexibility index (Phi) is 7.41. The smallest absolute Gasteiger partial charge is 0.193 e. The molecule has 0 heterocycles. The highest BCUT2D eigenvalue weighted by atomic mass is 35.5. The highest BCUT2D eigenvalue weighted by Crippen LogP contribution is 2.10. The number of halogens is 1. The Morgan fingerprint density at radius 2 is 1.90 bits per heavy atom. The topological polar surface area (TPSA) is 30.9 Å². The van der Waals surface area contributed by atoms with Crippen LogP contribution in [0.4, 0.5) is 0 Å². The van der Waals surface area contributed by atoms with Crippen LogP contribution in [0.15, 0.2) is 29.3 Å². The van der Waals surface area contributed by atoms with E-state index in [2.05, 4.69) is 34.1 Å². The zero-order valence-electron chi connectivity index (χ0n) is 12.9. The lowest BCUT2D eigenvalue weighted by Crippen LogP contribution is -2.41. The first kappa shape index (κ1) is 16.8. The van der Waals surface area contributed by atoms with E-state index in [0.717, 1.165) is 37.2 Å². The predicted octanol–water partition coefficient (Wildman–Crippen LogP) is 2.30. The molecule has 0 unspecified atom stereocenters. The number of benzene rings is 1. The van der Waals surface area contributed by atoms with E-state index < -0.39 is 0 Å². The van der Waals surface area contributed by atoms with E-state index in [1.807, 2.05) is 38.4 Å². The van der Waals surface area contributed by atoms with Crippen molar-refractivity contribution in [3.05, 3.63) is 34.9 Å². The Morgan fingerprint density at radius 1 is 1.25 bits per heavy atom. The van der Waals surface area contributed by atoms with Gasteiger partial charge in [0.1, 0.15) is 0 Å². The molecule has 112 valence electrons. The fourth-order valence-electron chi connectivity index (χ4n) is 1.84. The molecule has 5 heteroatoms. The van der Waals surface area contributed by atoms with E-state index in [-0.39, 0.29) is 0 Å². The largest absolute Gasteiger partial charge is 0.355 e. The van der Waals surface area contributed by atoms with Gasteiger partial charge >= 0.3 is 0 Å². The van der Waals surface area contributed by atoms with E-state index in [1.54, 1.807) is 0 Å². The third-order valence-electron chi connectivity index (χ3n) is 3.22. The molecule has 0 aromatic heterocycles. The van der Waals surface area contributed by atoms with Gasteiger partial charge in [-0.25, -0.2) is 0 Å². The van der Waals surface area contributed by atoms with Crippen molar-refractivity contribution in [3.63, 3.8) is 0 Å². The van der Waals surface area contributed by atoms with Gasteiger partial charge in [0.25, 0.3) is 0 Å². The molecule has 1 N–H and O–H groups in total. The summed E-state index contributed by atoms with van der Waals surface area (Å²) in [5.74, 6) is 0.907. The molecule has 0 radical (unpaired) electrons. The summed E-state index contributed by atoms with van der Waals surface area (Å²) < 4.78 is 0. The zero-order valence-corrected chi connectivity index (χ0v) is 13.6. The zero-order chi connectivity index (χ0) is 15.0. The second kappa shape index (κ2) is 8.82. The summed E-state index contributed by atoms with van der Waals surface area (Å²) in [5.41, 5.74) is 1.21. The van der Waals surface area contributed by atoms with E-state index >= 15 is 0 Å². The Balaban J connectivity index is 2.46. The summed E-state index contributed by atoms with van der Waals surface area (Å²) in [6.07, 6.45) is 0. The van der Waals surface area contributed by atoms with Crippen molar-refractivity contribution >= 4 is 17.6 Å². The molecule has 0 saturated carbocycles. The summed E-state index contributed by atoms with van der Waals surface area (Å²) in [6.45, 7) is 5.91. The minimum absolute atomic E-state index is 0.765. The van der Waals surface area contributed by atoms with Gasteiger partial charge in [0.05, 0.1) is 0 Å². The number of hydrogen-bond acceptors (Lipinski definition) is 2. The standard InChI is InChI=1S/C15H25ClN4/c1-5-19(3)11-10-18-15(17-2)20(4)12-13-6-8-14(16)9-7-13/h6-9H,5,10-12H2,1-4H3,(H,17,18). The molecule has 0 aliphatic rings. The van der Waals surface area contributed by atoms with Crippen LogP contribution >= 0.6 is 11.6 Å². The van der Waals surface area contributed by atoms with Crippen LogP contribution in [0.2, 0.25) is 5.02 Å². The van der Waals surface area contributed by atoms with Crippen LogP contribution in [-0.4, -0.2) is 56.5 Å². The highest BCUT2D eigenvalue weighted by Gasteiger charge is 2.06. The van der Waals surface area contributed by atoms with Gasteiger partial charge in [-0.05, 0) is 31.3 Å². The quantitative estimate of drug-likeness (QED) is 0.645. The summed E-state index contributed by atoms with van der Waals surface area (Å²) in [7, 11) is 5.96. The van der Waals surface area contributed by atoms with E-state index in [1.165, 1.54) is 5.56 Å². The van der Waals surface area contributed by atoms with Crippen LogP contribution in [0.3, 0.4) is 0 Å². The van der Waals surface area contributed by atoms with Crippen molar-refractivity contribution in [1.29, 1.82) is 0 Å². The number of rotatable bonds is 6. The van der Waals surface area contributed by atoms with Crippen LogP contribution in [0.25, 0.3) is 0 Å². The molecule has 1 aromatic carbocycles. The first-order valence-electron chi connectivity index (χ1n) is 6.91. The van der Waals surface area contributed by atoms with Crippen LogP contribution in [0.5, 0.6) is 0 Å². The van der Waals surface area contributed by atoms with Gasteiger partial charge in [-0.15, -0.1) is 0 Å². The first-order valence-corrected chi connectivity index (χ1v) is 7.29. The average molecular weight is 297 g/mol. The summed E-state index contributed by atoms with van der Waals surface area (Å²) >= 11 is 5.90. The molecule has 20 heavy (non-hydrogen) atoms. The second-order valence-electron chi connectivity index (χ2n) is 4.85. The van der Waals surface area contributed by atoms with Crippen LogP contribution in [0, 0.1) is 0 Å². The van der Waals surface area contributed by atoms with E-state index in [4.69, 9.17) is 11.6 Å². The molecule has 0 amide bonds. The van der Waals surface area contributed by atoms with E-state index in [0.29, 0.717) is 0 Å². The third-order valence-corrected chi connectivity index (χ3v) is 3.47. The lowest BCUT2D eigenvalue weighted by molar-refractivity contribution is 0.353. The van der Waals surface area contributed by atoms with Crippen LogP contribution in [0.1, 0.15) is 12.5 Å². The van der Waals surface area contributed by atoms with Crippen LogP contribution in [-0.2, 0) is 6.54 Å². The molecule has 0 atom stereocenters. The average Bonchev–Trinajstić information content (AvgIpc) is 2.45. The Bertz CT molecular complexity index is 416. The summed E-state index contributed by atoms with van der Waals surface area (Å²) in [4.78, 5) is 8.68. The van der Waals surface area contributed by atoms with Gasteiger partial charge in [-0.2, -0.15) is 0 Å². The molecule has 1 rings (SSSR count). The van der Waals surface area contributed by atoms with Crippen molar-refractivity contribution in [1.82, 2.24) is 15.1 Å². The molecule has 0 aliphatic carbocycles. The first-order chi connectivity index (χ1) is 9.56. The highest BCUT2D eigenvalue weighted by molar-refractivity contribution is 6.30. The van der Waals surface area contributed by atoms with Gasteiger partial charge in [-0.1, -0.05) is 30.7 Å². The number of guanidine groups is 1. The predicted molar refractivity (Wildman–Crippen MR) is 87.5 cm³/mol. The van der Waals surface area contributed by atoms with Gasteiger partial charge in [0, 0.05) is 38.8 Å². The number of hydrogen-bond donors (Lipinski definition) is 1. The monoisotopic (exact) mass is 296 g/mol. The Hall–Kier alpha value is -1.26. The SMILES string of the molecule is CCN(C)CCNC(=NC)N(C)Cc1ccc(Cl)cc1. The normalized spacial score (nSPS) is 11.8. The fourth-order valence-corrected chi connectivity index (χ4v) is 1.97. The van der Waals surface area contributed by atoms with E-state index in [9.17, 15) is 0 Å². The maximum absolute atomic E-state index is 5.90. The molecule has 1 aromatic rings. The number of aliphatic imine (C=N–C) groups is 1. The summed E-state index contributed by atoms with van der Waals surface area (Å²) in [5, 5.41) is 4.14.